The molecule has 3 nitrogen and oxygen atoms in total. The summed E-state index contributed by atoms with van der Waals surface area (Å²) >= 11 is 12.2. The largest absolute Gasteiger partial charge is 0.387 e. The molecule has 0 spiro atoms. The first-order valence-corrected chi connectivity index (χ1v) is 9.43. The maximum absolute atomic E-state index is 14.0. The van der Waals surface area contributed by atoms with E-state index in [4.69, 9.17) is 23.2 Å². The minimum atomic E-state index is -1.45. The standard InChI is InChI=1S/C20H19Cl2F2NO2/c21-15-6-2-1-4-13(15)19(26)25-18(14-5-3-7-16(24)17(14)22)20(27)10-8-12(23)9-11-20/h1-7,12,18,27H,8-11H2,(H,25,26)/t12-,18?,20+. The number of rotatable bonds is 4. The SMILES string of the molecule is O=C(NC(c1cccc(F)c1Cl)[C@]1(O)CC[C@@H](F)CC1)c1ccccc1Cl. The van der Waals surface area contributed by atoms with Gasteiger partial charge in [-0.05, 0) is 49.4 Å². The van der Waals surface area contributed by atoms with Gasteiger partial charge in [0.1, 0.15) is 12.0 Å². The molecule has 1 aliphatic rings. The van der Waals surface area contributed by atoms with E-state index in [9.17, 15) is 18.7 Å². The van der Waals surface area contributed by atoms with E-state index in [-0.39, 0.29) is 46.9 Å². The number of hydrogen-bond donors (Lipinski definition) is 2. The predicted octanol–water partition coefficient (Wildman–Crippen LogP) is 5.25. The van der Waals surface area contributed by atoms with Crippen LogP contribution in [0.5, 0.6) is 0 Å². The Balaban J connectivity index is 1.99. The number of nitrogens with one attached hydrogen (secondary N) is 1. The van der Waals surface area contributed by atoms with Gasteiger partial charge in [0.2, 0.25) is 0 Å². The Morgan fingerprint density at radius 1 is 1.15 bits per heavy atom. The van der Waals surface area contributed by atoms with Crippen LogP contribution in [-0.2, 0) is 0 Å². The molecular formula is C20H19Cl2F2NO2. The summed E-state index contributed by atoms with van der Waals surface area (Å²) < 4.78 is 27.6. The molecule has 1 amide bonds. The minimum absolute atomic E-state index is 0.120. The van der Waals surface area contributed by atoms with E-state index in [1.54, 1.807) is 30.3 Å². The van der Waals surface area contributed by atoms with E-state index >= 15 is 0 Å². The highest BCUT2D eigenvalue weighted by Crippen LogP contribution is 2.42. The van der Waals surface area contributed by atoms with Gasteiger partial charge in [-0.25, -0.2) is 8.78 Å². The fourth-order valence-corrected chi connectivity index (χ4v) is 3.93. The number of carbonyl (C=O) groups is 1. The molecule has 7 heteroatoms. The van der Waals surface area contributed by atoms with Gasteiger partial charge in [0.25, 0.3) is 5.91 Å². The van der Waals surface area contributed by atoms with E-state index in [1.165, 1.54) is 12.1 Å². The molecule has 0 saturated heterocycles. The van der Waals surface area contributed by atoms with Crippen LogP contribution >= 0.6 is 23.2 Å². The third-order valence-electron chi connectivity index (χ3n) is 5.00. The van der Waals surface area contributed by atoms with Crippen LogP contribution in [0.4, 0.5) is 8.78 Å². The number of amides is 1. The molecule has 0 heterocycles. The van der Waals surface area contributed by atoms with Crippen molar-refractivity contribution in [3.8, 4) is 0 Å². The van der Waals surface area contributed by atoms with Crippen molar-refractivity contribution in [2.24, 2.45) is 0 Å². The van der Waals surface area contributed by atoms with E-state index in [2.05, 4.69) is 5.32 Å². The smallest absolute Gasteiger partial charge is 0.253 e. The number of benzene rings is 2. The van der Waals surface area contributed by atoms with E-state index < -0.39 is 29.5 Å². The predicted molar refractivity (Wildman–Crippen MR) is 101 cm³/mol. The van der Waals surface area contributed by atoms with Gasteiger partial charge in [-0.15, -0.1) is 0 Å². The number of alkyl halides is 1. The Bertz CT molecular complexity index is 838. The zero-order valence-corrected chi connectivity index (χ0v) is 15.9. The summed E-state index contributed by atoms with van der Waals surface area (Å²) in [6.45, 7) is 0. The first-order chi connectivity index (χ1) is 12.8. The second-order valence-corrected chi connectivity index (χ2v) is 7.59. The van der Waals surface area contributed by atoms with Gasteiger partial charge < -0.3 is 10.4 Å². The highest BCUT2D eigenvalue weighted by Gasteiger charge is 2.43. The van der Waals surface area contributed by atoms with Gasteiger partial charge in [0.05, 0.1) is 27.3 Å². The third kappa shape index (κ3) is 4.26. The van der Waals surface area contributed by atoms with Crippen LogP contribution < -0.4 is 5.32 Å². The molecule has 0 radical (unpaired) electrons. The molecule has 1 saturated carbocycles. The fourth-order valence-electron chi connectivity index (χ4n) is 3.47. The van der Waals surface area contributed by atoms with Crippen LogP contribution in [0.2, 0.25) is 10.0 Å². The highest BCUT2D eigenvalue weighted by atomic mass is 35.5. The lowest BCUT2D eigenvalue weighted by molar-refractivity contribution is -0.0445. The minimum Gasteiger partial charge on any atom is -0.387 e. The van der Waals surface area contributed by atoms with Crippen LogP contribution in [0, 0.1) is 5.82 Å². The van der Waals surface area contributed by atoms with E-state index in [1.807, 2.05) is 0 Å². The average molecular weight is 414 g/mol. The van der Waals surface area contributed by atoms with Crippen LogP contribution in [-0.4, -0.2) is 22.8 Å². The molecule has 1 atom stereocenters. The number of carbonyl (C=O) groups excluding carboxylic acids is 1. The molecule has 27 heavy (non-hydrogen) atoms. The van der Waals surface area contributed by atoms with Gasteiger partial charge in [0, 0.05) is 0 Å². The van der Waals surface area contributed by atoms with Crippen molar-refractivity contribution >= 4 is 29.1 Å². The maximum atomic E-state index is 14.0. The lowest BCUT2D eigenvalue weighted by Gasteiger charge is -2.41. The van der Waals surface area contributed by atoms with Gasteiger partial charge in [-0.1, -0.05) is 47.5 Å². The Hall–Kier alpha value is -1.69. The Kier molecular flexibility index (Phi) is 6.04. The molecule has 3 rings (SSSR count). The summed E-state index contributed by atoms with van der Waals surface area (Å²) in [7, 11) is 0. The normalized spacial score (nSPS) is 23.7. The molecule has 0 aliphatic heterocycles. The molecule has 1 aliphatic carbocycles. The molecule has 2 aromatic rings. The first-order valence-electron chi connectivity index (χ1n) is 8.67. The molecule has 2 N–H and O–H groups in total. The Morgan fingerprint density at radius 2 is 1.81 bits per heavy atom. The zero-order valence-electron chi connectivity index (χ0n) is 14.4. The molecule has 1 unspecified atom stereocenters. The highest BCUT2D eigenvalue weighted by molar-refractivity contribution is 6.34. The summed E-state index contributed by atoms with van der Waals surface area (Å²) in [6.07, 6.45) is -0.458. The summed E-state index contributed by atoms with van der Waals surface area (Å²) in [6, 6.07) is 9.66. The zero-order chi connectivity index (χ0) is 19.6. The van der Waals surface area contributed by atoms with Crippen LogP contribution in [0.15, 0.2) is 42.5 Å². The fraction of sp³-hybridized carbons (Fsp3) is 0.350. The van der Waals surface area contributed by atoms with Crippen LogP contribution in [0.3, 0.4) is 0 Å². The summed E-state index contributed by atoms with van der Waals surface area (Å²) in [5.74, 6) is -1.18. The molecule has 2 aromatic carbocycles. The van der Waals surface area contributed by atoms with Crippen molar-refractivity contribution in [3.63, 3.8) is 0 Å². The molecular weight excluding hydrogens is 395 g/mol. The van der Waals surface area contributed by atoms with Gasteiger partial charge in [-0.3, -0.25) is 4.79 Å². The maximum Gasteiger partial charge on any atom is 0.253 e. The monoisotopic (exact) mass is 413 g/mol. The Morgan fingerprint density at radius 3 is 2.48 bits per heavy atom. The van der Waals surface area contributed by atoms with E-state index in [0.717, 1.165) is 0 Å². The van der Waals surface area contributed by atoms with Crippen molar-refractivity contribution in [1.82, 2.24) is 5.32 Å². The van der Waals surface area contributed by atoms with Gasteiger partial charge >= 0.3 is 0 Å². The number of aliphatic hydroxyl groups is 1. The third-order valence-corrected chi connectivity index (χ3v) is 5.73. The van der Waals surface area contributed by atoms with Crippen molar-refractivity contribution in [3.05, 3.63) is 69.5 Å². The summed E-state index contributed by atoms with van der Waals surface area (Å²) in [5, 5.41) is 14.0. The van der Waals surface area contributed by atoms with E-state index in [0.29, 0.717) is 0 Å². The number of hydrogen-bond acceptors (Lipinski definition) is 2. The molecule has 0 bridgehead atoms. The van der Waals surface area contributed by atoms with Crippen molar-refractivity contribution in [1.29, 1.82) is 0 Å². The molecule has 0 aromatic heterocycles. The summed E-state index contributed by atoms with van der Waals surface area (Å²) in [4.78, 5) is 12.8. The van der Waals surface area contributed by atoms with Gasteiger partial charge in [-0.2, -0.15) is 0 Å². The number of halogens is 4. The van der Waals surface area contributed by atoms with Crippen molar-refractivity contribution < 1.29 is 18.7 Å². The molecule has 1 fully saturated rings. The topological polar surface area (TPSA) is 49.3 Å². The molecule has 144 valence electrons. The van der Waals surface area contributed by atoms with Crippen LogP contribution in [0.1, 0.15) is 47.6 Å². The second kappa shape index (κ2) is 8.13. The first kappa shape index (κ1) is 20.1. The quantitative estimate of drug-likeness (QED) is 0.719. The lowest BCUT2D eigenvalue weighted by Crippen LogP contribution is -2.48. The summed E-state index contributed by atoms with van der Waals surface area (Å²) in [5.41, 5.74) is -0.979. The lowest BCUT2D eigenvalue weighted by atomic mass is 9.76. The second-order valence-electron chi connectivity index (χ2n) is 6.81. The van der Waals surface area contributed by atoms with Gasteiger partial charge in [0.15, 0.2) is 0 Å². The Labute approximate surface area is 166 Å². The van der Waals surface area contributed by atoms with Crippen molar-refractivity contribution in [2.45, 2.75) is 43.5 Å². The average Bonchev–Trinajstić information content (AvgIpc) is 2.65. The van der Waals surface area contributed by atoms with Crippen molar-refractivity contribution in [2.75, 3.05) is 0 Å². The van der Waals surface area contributed by atoms with Crippen LogP contribution in [0.25, 0.3) is 0 Å².